The number of hydrazine groups is 1. The van der Waals surface area contributed by atoms with Gasteiger partial charge in [-0.1, -0.05) is 38.3 Å². The van der Waals surface area contributed by atoms with Gasteiger partial charge in [0, 0.05) is 6.20 Å². The molecule has 35 heavy (non-hydrogen) atoms. The minimum atomic E-state index is -5.07. The second-order valence-corrected chi connectivity index (χ2v) is 7.42. The van der Waals surface area contributed by atoms with Crippen molar-refractivity contribution in [1.82, 2.24) is 20.5 Å². The van der Waals surface area contributed by atoms with Gasteiger partial charge in [-0.25, -0.2) is 19.4 Å². The van der Waals surface area contributed by atoms with E-state index in [4.69, 9.17) is 0 Å². The largest absolute Gasteiger partial charge is 0.434 e. The molecule has 0 bridgehead atoms. The lowest BCUT2D eigenvalue weighted by Crippen LogP contribution is -2.40. The Morgan fingerprint density at radius 3 is 2.57 bits per heavy atom. The number of halogens is 4. The van der Waals surface area contributed by atoms with Crippen LogP contribution in [-0.2, 0) is 15.8 Å². The van der Waals surface area contributed by atoms with Crippen molar-refractivity contribution in [1.29, 1.82) is 0 Å². The van der Waals surface area contributed by atoms with Crippen molar-refractivity contribution in [2.45, 2.75) is 38.8 Å². The molecule has 0 aliphatic carbocycles. The molecule has 1 aromatic heterocycles. The summed E-state index contributed by atoms with van der Waals surface area (Å²) in [6, 6.07) is 4.92. The first-order chi connectivity index (χ1) is 16.6. The Bertz CT molecular complexity index is 1040. The summed E-state index contributed by atoms with van der Waals surface area (Å²) in [7, 11) is 0. The van der Waals surface area contributed by atoms with Crippen molar-refractivity contribution < 1.29 is 37.2 Å². The first kappa shape index (κ1) is 27.4. The minimum Gasteiger partial charge on any atom is -0.319 e. The van der Waals surface area contributed by atoms with E-state index < -0.39 is 46.9 Å². The summed E-state index contributed by atoms with van der Waals surface area (Å²) in [5.74, 6) is -4.39. The molecule has 0 saturated heterocycles. The number of rotatable bonds is 12. The van der Waals surface area contributed by atoms with Crippen molar-refractivity contribution in [2.24, 2.45) is 5.92 Å². The molecule has 3 amide bonds. The predicted octanol–water partition coefficient (Wildman–Crippen LogP) is 3.37. The van der Waals surface area contributed by atoms with Crippen LogP contribution in [0, 0.1) is 11.7 Å². The molecule has 0 fully saturated rings. The number of amides is 3. The van der Waals surface area contributed by atoms with Crippen molar-refractivity contribution >= 4 is 29.9 Å². The Balaban J connectivity index is 2.17. The average Bonchev–Trinajstić information content (AvgIpc) is 2.82. The Morgan fingerprint density at radius 1 is 1.23 bits per heavy atom. The SMILES string of the molecule is CCCCC[C@H](CN(O)C=O)C(=O)NNc1ncc(C(=O)Nc2ccccc2F)c(C(F)(F)F)n1. The highest BCUT2D eigenvalue weighted by Crippen LogP contribution is 2.31. The molecule has 2 rings (SSSR count). The number of aromatic nitrogens is 2. The number of para-hydroxylation sites is 1. The molecule has 14 heteroatoms. The fraction of sp³-hybridized carbons (Fsp3) is 0.381. The minimum absolute atomic E-state index is 0.122. The van der Waals surface area contributed by atoms with E-state index >= 15 is 0 Å². The molecule has 1 atom stereocenters. The molecule has 0 aliphatic rings. The third kappa shape index (κ3) is 8.17. The fourth-order valence-electron chi connectivity index (χ4n) is 3.01. The molecule has 0 radical (unpaired) electrons. The molecule has 2 aromatic rings. The third-order valence-corrected chi connectivity index (χ3v) is 4.78. The van der Waals surface area contributed by atoms with Gasteiger partial charge < -0.3 is 5.32 Å². The molecule has 1 heterocycles. The van der Waals surface area contributed by atoms with Crippen LogP contribution in [-0.4, -0.2) is 45.0 Å². The molecule has 0 unspecified atom stereocenters. The second kappa shape index (κ2) is 12.6. The number of carbonyl (C=O) groups excluding carboxylic acids is 3. The molecule has 0 spiro atoms. The molecule has 4 N–H and O–H groups in total. The normalized spacial score (nSPS) is 11.9. The van der Waals surface area contributed by atoms with Crippen LogP contribution in [0.1, 0.15) is 48.7 Å². The molecule has 190 valence electrons. The van der Waals surface area contributed by atoms with E-state index in [0.717, 1.165) is 18.9 Å². The van der Waals surface area contributed by atoms with Gasteiger partial charge in [0.2, 0.25) is 18.3 Å². The number of nitrogens with zero attached hydrogens (tertiary/aromatic N) is 3. The van der Waals surface area contributed by atoms with Crippen LogP contribution < -0.4 is 16.2 Å². The first-order valence-corrected chi connectivity index (χ1v) is 10.5. The van der Waals surface area contributed by atoms with Crippen LogP contribution in [0.4, 0.5) is 29.2 Å². The summed E-state index contributed by atoms with van der Waals surface area (Å²) in [6.45, 7) is 1.61. The second-order valence-electron chi connectivity index (χ2n) is 7.42. The van der Waals surface area contributed by atoms with Crippen molar-refractivity contribution in [2.75, 3.05) is 17.3 Å². The highest BCUT2D eigenvalue weighted by Gasteiger charge is 2.38. The number of anilines is 2. The van der Waals surface area contributed by atoms with Gasteiger partial charge >= 0.3 is 6.18 Å². The maximum atomic E-state index is 13.7. The van der Waals surface area contributed by atoms with E-state index in [2.05, 4.69) is 20.8 Å². The molecular formula is C21H24F4N6O4. The van der Waals surface area contributed by atoms with Gasteiger partial charge in [0.05, 0.1) is 23.7 Å². The van der Waals surface area contributed by atoms with Crippen LogP contribution in [0.2, 0.25) is 0 Å². The number of unbranched alkanes of at least 4 members (excludes halogenated alkanes) is 2. The van der Waals surface area contributed by atoms with Crippen LogP contribution in [0.25, 0.3) is 0 Å². The Labute approximate surface area is 197 Å². The Morgan fingerprint density at radius 2 is 1.94 bits per heavy atom. The van der Waals surface area contributed by atoms with Gasteiger partial charge in [0.25, 0.3) is 5.91 Å². The third-order valence-electron chi connectivity index (χ3n) is 4.78. The standard InChI is InChI=1S/C21H24F4N6O4/c1-2-3-4-7-13(11-31(35)12-32)18(33)29-30-20-26-10-14(17(28-20)21(23,24)25)19(34)27-16-9-6-5-8-15(16)22/h5-6,8-10,12-13,35H,2-4,7,11H2,1H3,(H,27,34)(H,29,33)(H,26,28,30)/t13-/m1/s1. The average molecular weight is 500 g/mol. The zero-order chi connectivity index (χ0) is 26.0. The summed E-state index contributed by atoms with van der Waals surface area (Å²) < 4.78 is 54.4. The van der Waals surface area contributed by atoms with Crippen LogP contribution in [0.3, 0.4) is 0 Å². The quantitative estimate of drug-likeness (QED) is 0.115. The maximum Gasteiger partial charge on any atom is 0.434 e. The monoisotopic (exact) mass is 500 g/mol. The van der Waals surface area contributed by atoms with Crippen LogP contribution in [0.15, 0.2) is 30.5 Å². The number of hydrogen-bond acceptors (Lipinski definition) is 7. The van der Waals surface area contributed by atoms with Crippen LogP contribution >= 0.6 is 0 Å². The Kier molecular flexibility index (Phi) is 9.87. The van der Waals surface area contributed by atoms with E-state index in [1.165, 1.54) is 18.2 Å². The number of nitrogens with one attached hydrogen (secondary N) is 3. The van der Waals surface area contributed by atoms with Crippen molar-refractivity contribution in [3.63, 3.8) is 0 Å². The molecule has 1 aromatic carbocycles. The maximum absolute atomic E-state index is 13.7. The topological polar surface area (TPSA) is 137 Å². The summed E-state index contributed by atoms with van der Waals surface area (Å²) in [5, 5.41) is 11.7. The van der Waals surface area contributed by atoms with E-state index in [-0.39, 0.29) is 23.7 Å². The molecular weight excluding hydrogens is 476 g/mol. The predicted molar refractivity (Wildman–Crippen MR) is 115 cm³/mol. The van der Waals surface area contributed by atoms with Crippen molar-refractivity contribution in [3.8, 4) is 0 Å². The number of benzene rings is 1. The lowest BCUT2D eigenvalue weighted by molar-refractivity contribution is -0.154. The first-order valence-electron chi connectivity index (χ1n) is 10.5. The molecule has 10 nitrogen and oxygen atoms in total. The smallest absolute Gasteiger partial charge is 0.319 e. The van der Waals surface area contributed by atoms with Gasteiger partial charge in [-0.3, -0.25) is 30.4 Å². The van der Waals surface area contributed by atoms with E-state index in [1.54, 1.807) is 0 Å². The van der Waals surface area contributed by atoms with E-state index in [0.29, 0.717) is 19.0 Å². The number of hydrogen-bond donors (Lipinski definition) is 4. The van der Waals surface area contributed by atoms with Gasteiger partial charge in [-0.15, -0.1) is 0 Å². The summed E-state index contributed by atoms with van der Waals surface area (Å²) in [6.07, 6.45) is -1.81. The lowest BCUT2D eigenvalue weighted by atomic mass is 10.0. The van der Waals surface area contributed by atoms with Crippen molar-refractivity contribution in [3.05, 3.63) is 47.5 Å². The van der Waals surface area contributed by atoms with Crippen LogP contribution in [0.5, 0.6) is 0 Å². The number of carbonyl (C=O) groups is 3. The Hall–Kier alpha value is -3.81. The van der Waals surface area contributed by atoms with E-state index in [9.17, 15) is 37.2 Å². The van der Waals surface area contributed by atoms with Gasteiger partial charge in [-0.05, 0) is 18.6 Å². The highest BCUT2D eigenvalue weighted by atomic mass is 19.4. The van der Waals surface area contributed by atoms with Gasteiger partial charge in [0.1, 0.15) is 5.82 Å². The zero-order valence-electron chi connectivity index (χ0n) is 18.6. The highest BCUT2D eigenvalue weighted by molar-refractivity contribution is 6.05. The summed E-state index contributed by atoms with van der Waals surface area (Å²) >= 11 is 0. The molecule has 0 saturated carbocycles. The fourth-order valence-corrected chi connectivity index (χ4v) is 3.01. The van der Waals surface area contributed by atoms with E-state index in [1.807, 2.05) is 12.2 Å². The number of hydroxylamine groups is 2. The zero-order valence-corrected chi connectivity index (χ0v) is 18.6. The number of alkyl halides is 3. The van der Waals surface area contributed by atoms with Gasteiger partial charge in [-0.2, -0.15) is 13.2 Å². The summed E-state index contributed by atoms with van der Waals surface area (Å²) in [4.78, 5) is 42.4. The van der Waals surface area contributed by atoms with Gasteiger partial charge in [0.15, 0.2) is 5.69 Å². The molecule has 0 aliphatic heterocycles. The lowest BCUT2D eigenvalue weighted by Gasteiger charge is -2.20. The summed E-state index contributed by atoms with van der Waals surface area (Å²) in [5.41, 5.74) is 1.38.